The molecule has 1 aliphatic carbocycles. The lowest BCUT2D eigenvalue weighted by molar-refractivity contribution is -0.141. The fourth-order valence-electron chi connectivity index (χ4n) is 5.07. The van der Waals surface area contributed by atoms with Gasteiger partial charge in [0.25, 0.3) is 0 Å². The van der Waals surface area contributed by atoms with Crippen LogP contribution in [0.25, 0.3) is 22.5 Å². The molecule has 178 valence electrons. The number of carbonyl (C=O) groups excluding carboxylic acids is 1. The Morgan fingerprint density at radius 2 is 1.74 bits per heavy atom. The highest BCUT2D eigenvalue weighted by atomic mass is 16.4. The Labute approximate surface area is 199 Å². The van der Waals surface area contributed by atoms with Crippen LogP contribution < -0.4 is 0 Å². The average molecular weight is 462 g/mol. The van der Waals surface area contributed by atoms with Crippen LogP contribution in [0.2, 0.25) is 0 Å². The van der Waals surface area contributed by atoms with Gasteiger partial charge in [-0.2, -0.15) is 5.21 Å². The van der Waals surface area contributed by atoms with Crippen molar-refractivity contribution < 1.29 is 14.7 Å². The molecule has 0 atom stereocenters. The summed E-state index contributed by atoms with van der Waals surface area (Å²) in [6.07, 6.45) is 4.89. The zero-order valence-corrected chi connectivity index (χ0v) is 19.5. The Kier molecular flexibility index (Phi) is 7.35. The lowest BCUT2D eigenvalue weighted by Gasteiger charge is -2.30. The van der Waals surface area contributed by atoms with E-state index in [1.54, 1.807) is 0 Å². The van der Waals surface area contributed by atoms with Gasteiger partial charge in [-0.1, -0.05) is 68.3 Å². The van der Waals surface area contributed by atoms with E-state index in [4.69, 9.17) is 0 Å². The molecular weight excluding hydrogens is 430 g/mol. The van der Waals surface area contributed by atoms with E-state index >= 15 is 0 Å². The van der Waals surface area contributed by atoms with E-state index in [9.17, 15) is 14.7 Å². The summed E-state index contributed by atoms with van der Waals surface area (Å²) in [4.78, 5) is 26.6. The van der Waals surface area contributed by atoms with E-state index < -0.39 is 11.4 Å². The second kappa shape index (κ2) is 10.6. The summed E-state index contributed by atoms with van der Waals surface area (Å²) in [7, 11) is 0. The number of aromatic nitrogens is 4. The first kappa shape index (κ1) is 23.6. The number of hydrogen-bond acceptors (Lipinski definition) is 5. The second-order valence-electron chi connectivity index (χ2n) is 9.25. The van der Waals surface area contributed by atoms with Crippen molar-refractivity contribution in [1.82, 2.24) is 25.5 Å². The number of H-pyrrole nitrogens is 1. The van der Waals surface area contributed by atoms with Gasteiger partial charge in [-0.25, -0.2) is 0 Å². The maximum atomic E-state index is 13.3. The van der Waals surface area contributed by atoms with E-state index in [0.29, 0.717) is 25.3 Å². The molecule has 4 rings (SSSR count). The number of carboxylic acid groups (broad SMARTS) is 1. The molecule has 34 heavy (non-hydrogen) atoms. The number of carbonyl (C=O) groups is 2. The van der Waals surface area contributed by atoms with E-state index in [1.165, 1.54) is 0 Å². The van der Waals surface area contributed by atoms with Crippen molar-refractivity contribution in [3.05, 3.63) is 54.1 Å². The zero-order chi connectivity index (χ0) is 24.0. The SMILES string of the molecule is CCCN(Cc1ccc(-c2ccccc2-c2nn[nH]n2)cc1)C(=O)CC1(CC(=O)O)CCCC1. The van der Waals surface area contributed by atoms with Crippen molar-refractivity contribution in [1.29, 1.82) is 0 Å². The maximum Gasteiger partial charge on any atom is 0.303 e. The summed E-state index contributed by atoms with van der Waals surface area (Å²) in [5, 5.41) is 23.8. The van der Waals surface area contributed by atoms with Crippen LogP contribution in [0.4, 0.5) is 0 Å². The molecule has 1 saturated carbocycles. The van der Waals surface area contributed by atoms with Crippen LogP contribution in [0.1, 0.15) is 57.4 Å². The molecule has 2 N–H and O–H groups in total. The number of benzene rings is 2. The number of nitrogens with zero attached hydrogens (tertiary/aromatic N) is 4. The van der Waals surface area contributed by atoms with Crippen molar-refractivity contribution in [3.8, 4) is 22.5 Å². The lowest BCUT2D eigenvalue weighted by atomic mass is 9.79. The molecule has 0 spiro atoms. The van der Waals surface area contributed by atoms with Gasteiger partial charge in [0, 0.05) is 25.1 Å². The molecular formula is C26H31N5O3. The Balaban J connectivity index is 1.49. The number of aromatic amines is 1. The van der Waals surface area contributed by atoms with Crippen LogP contribution >= 0.6 is 0 Å². The topological polar surface area (TPSA) is 112 Å². The Morgan fingerprint density at radius 3 is 2.35 bits per heavy atom. The predicted molar refractivity (Wildman–Crippen MR) is 129 cm³/mol. The van der Waals surface area contributed by atoms with Crippen LogP contribution in [-0.2, 0) is 16.1 Å². The molecule has 1 amide bonds. The summed E-state index contributed by atoms with van der Waals surface area (Å²) in [6.45, 7) is 3.23. The van der Waals surface area contributed by atoms with Gasteiger partial charge < -0.3 is 10.0 Å². The maximum absolute atomic E-state index is 13.3. The molecule has 8 heteroatoms. The van der Waals surface area contributed by atoms with E-state index in [1.807, 2.05) is 53.4 Å². The van der Waals surface area contributed by atoms with Crippen molar-refractivity contribution in [2.45, 2.75) is 58.4 Å². The fourth-order valence-corrected chi connectivity index (χ4v) is 5.07. The van der Waals surface area contributed by atoms with Crippen molar-refractivity contribution in [2.24, 2.45) is 5.41 Å². The molecule has 8 nitrogen and oxygen atoms in total. The average Bonchev–Trinajstić information content (AvgIpc) is 3.52. The third-order valence-electron chi connectivity index (χ3n) is 6.71. The first-order valence-electron chi connectivity index (χ1n) is 11.9. The number of rotatable bonds is 10. The first-order chi connectivity index (χ1) is 16.5. The van der Waals surface area contributed by atoms with E-state index in [2.05, 4.69) is 27.5 Å². The minimum Gasteiger partial charge on any atom is -0.481 e. The Bertz CT molecular complexity index is 1110. The number of carboxylic acids is 1. The quantitative estimate of drug-likeness (QED) is 0.453. The zero-order valence-electron chi connectivity index (χ0n) is 19.5. The number of aliphatic carboxylic acids is 1. The number of nitrogens with one attached hydrogen (secondary N) is 1. The fraction of sp³-hybridized carbons (Fsp3) is 0.423. The first-order valence-corrected chi connectivity index (χ1v) is 11.9. The molecule has 0 aliphatic heterocycles. The van der Waals surface area contributed by atoms with Gasteiger partial charge in [-0.15, -0.1) is 10.2 Å². The van der Waals surface area contributed by atoms with Crippen molar-refractivity contribution in [2.75, 3.05) is 6.54 Å². The minimum absolute atomic E-state index is 0.0523. The predicted octanol–water partition coefficient (Wildman–Crippen LogP) is 4.70. The third-order valence-corrected chi connectivity index (χ3v) is 6.71. The highest BCUT2D eigenvalue weighted by molar-refractivity contribution is 5.80. The van der Waals surface area contributed by atoms with Crippen molar-refractivity contribution >= 4 is 11.9 Å². The molecule has 0 radical (unpaired) electrons. The van der Waals surface area contributed by atoms with Crippen molar-refractivity contribution in [3.63, 3.8) is 0 Å². The number of amides is 1. The molecule has 3 aromatic rings. The largest absolute Gasteiger partial charge is 0.481 e. The molecule has 0 bridgehead atoms. The molecule has 1 aromatic heterocycles. The van der Waals surface area contributed by atoms with Gasteiger partial charge in [0.15, 0.2) is 0 Å². The summed E-state index contributed by atoms with van der Waals surface area (Å²) >= 11 is 0. The standard InChI is InChI=1S/C26H31N5O3/c1-2-15-31(23(32)16-26(17-24(33)34)13-5-6-14-26)18-19-9-11-20(12-10-19)21-7-3-4-8-22(21)25-27-29-30-28-25/h3-4,7-12H,2,5-6,13-18H2,1H3,(H,33,34)(H,27,28,29,30). The smallest absolute Gasteiger partial charge is 0.303 e. The number of hydrogen-bond donors (Lipinski definition) is 2. The molecule has 0 unspecified atom stereocenters. The molecule has 0 saturated heterocycles. The summed E-state index contributed by atoms with van der Waals surface area (Å²) in [5.74, 6) is -0.216. The second-order valence-corrected chi connectivity index (χ2v) is 9.25. The highest BCUT2D eigenvalue weighted by Gasteiger charge is 2.39. The molecule has 1 aliphatic rings. The number of tetrazole rings is 1. The van der Waals surface area contributed by atoms with E-state index in [0.717, 1.165) is 54.4 Å². The van der Waals surface area contributed by atoms with Crippen LogP contribution in [0.3, 0.4) is 0 Å². The minimum atomic E-state index is -0.812. The van der Waals surface area contributed by atoms with Gasteiger partial charge >= 0.3 is 5.97 Å². The monoisotopic (exact) mass is 461 g/mol. The normalized spacial score (nSPS) is 14.7. The van der Waals surface area contributed by atoms with Gasteiger partial charge in [0.2, 0.25) is 11.7 Å². The van der Waals surface area contributed by atoms with Gasteiger partial charge in [-0.3, -0.25) is 9.59 Å². The molecule has 1 heterocycles. The summed E-state index contributed by atoms with van der Waals surface area (Å²) < 4.78 is 0. The van der Waals surface area contributed by atoms with Crippen LogP contribution in [0.15, 0.2) is 48.5 Å². The van der Waals surface area contributed by atoms with Crippen LogP contribution in [0, 0.1) is 5.41 Å². The van der Waals surface area contributed by atoms with Crippen LogP contribution in [-0.4, -0.2) is 49.1 Å². The van der Waals surface area contributed by atoms with Gasteiger partial charge in [-0.05, 0) is 46.6 Å². The summed E-state index contributed by atoms with van der Waals surface area (Å²) in [6, 6.07) is 16.1. The van der Waals surface area contributed by atoms with Gasteiger partial charge in [0.05, 0.1) is 6.42 Å². The lowest BCUT2D eigenvalue weighted by Crippen LogP contribution is -2.36. The van der Waals surface area contributed by atoms with Crippen LogP contribution in [0.5, 0.6) is 0 Å². The molecule has 1 fully saturated rings. The van der Waals surface area contributed by atoms with Gasteiger partial charge in [0.1, 0.15) is 0 Å². The molecule has 2 aromatic carbocycles. The Morgan fingerprint density at radius 1 is 1.03 bits per heavy atom. The highest BCUT2D eigenvalue weighted by Crippen LogP contribution is 2.44. The third kappa shape index (κ3) is 5.50. The van der Waals surface area contributed by atoms with E-state index in [-0.39, 0.29) is 12.3 Å². The summed E-state index contributed by atoms with van der Waals surface area (Å²) in [5.41, 5.74) is 3.59. The Hall–Kier alpha value is -3.55.